The molecule has 0 spiro atoms. The van der Waals surface area contributed by atoms with Crippen LogP contribution >= 0.6 is 11.3 Å². The van der Waals surface area contributed by atoms with Gasteiger partial charge in [0.25, 0.3) is 5.56 Å². The number of hydrogen-bond donors (Lipinski definition) is 1. The van der Waals surface area contributed by atoms with Crippen molar-refractivity contribution in [2.45, 2.75) is 13.3 Å². The maximum atomic E-state index is 13.2. The lowest BCUT2D eigenvalue weighted by Gasteiger charge is -2.02. The lowest BCUT2D eigenvalue weighted by atomic mass is 10.0. The Balaban J connectivity index is 1.86. The molecule has 0 aliphatic heterocycles. The number of hydrogen-bond acceptors (Lipinski definition) is 5. The summed E-state index contributed by atoms with van der Waals surface area (Å²) in [5.74, 6) is 0.228. The Morgan fingerprint density at radius 2 is 2.04 bits per heavy atom. The highest BCUT2D eigenvalue weighted by atomic mass is 32.1. The molecule has 0 fully saturated rings. The first-order valence-electron chi connectivity index (χ1n) is 7.29. The van der Waals surface area contributed by atoms with Crippen molar-refractivity contribution in [1.29, 1.82) is 0 Å². The van der Waals surface area contributed by atoms with Crippen LogP contribution in [0.25, 0.3) is 21.3 Å². The zero-order valence-corrected chi connectivity index (χ0v) is 13.5. The second-order valence-electron chi connectivity index (χ2n) is 5.40. The number of halogens is 1. The average molecular weight is 341 g/mol. The van der Waals surface area contributed by atoms with E-state index in [1.54, 1.807) is 18.2 Å². The van der Waals surface area contributed by atoms with Crippen LogP contribution in [-0.2, 0) is 6.42 Å². The lowest BCUT2D eigenvalue weighted by Crippen LogP contribution is -2.11. The largest absolute Gasteiger partial charge is 0.364 e. The number of aryl methyl sites for hydroxylation is 1. The van der Waals surface area contributed by atoms with Crippen LogP contribution in [0.1, 0.15) is 16.4 Å². The van der Waals surface area contributed by atoms with Crippen LogP contribution in [0.4, 0.5) is 4.39 Å². The van der Waals surface area contributed by atoms with Gasteiger partial charge in [-0.25, -0.2) is 9.37 Å². The molecule has 0 aliphatic carbocycles. The number of nitrogens with zero attached hydrogens (tertiary/aromatic N) is 2. The summed E-state index contributed by atoms with van der Waals surface area (Å²) in [6.07, 6.45) is 1.87. The van der Waals surface area contributed by atoms with Crippen molar-refractivity contribution in [3.05, 3.63) is 69.2 Å². The molecule has 0 aliphatic rings. The molecule has 5 nitrogen and oxygen atoms in total. The van der Waals surface area contributed by atoms with Crippen molar-refractivity contribution < 1.29 is 8.91 Å². The summed E-state index contributed by atoms with van der Waals surface area (Å²) >= 11 is 1.45. The standard InChI is InChI=1S/C17H12FN3O2S/c1-9-14(10-2-4-11(18)5-3-10)15-16(22)19-13(20-17(15)24-9)8-12-6-7-23-21-12/h2-7H,8H2,1H3,(H,19,20,22). The van der Waals surface area contributed by atoms with Gasteiger partial charge in [-0.05, 0) is 24.6 Å². The zero-order chi connectivity index (χ0) is 16.7. The predicted molar refractivity (Wildman–Crippen MR) is 89.7 cm³/mol. The van der Waals surface area contributed by atoms with Crippen molar-refractivity contribution >= 4 is 21.6 Å². The molecule has 1 N–H and O–H groups in total. The van der Waals surface area contributed by atoms with E-state index in [2.05, 4.69) is 15.1 Å². The van der Waals surface area contributed by atoms with Gasteiger partial charge >= 0.3 is 0 Å². The predicted octanol–water partition coefficient (Wildman–Crippen LogP) is 3.68. The summed E-state index contributed by atoms with van der Waals surface area (Å²) in [7, 11) is 0. The summed E-state index contributed by atoms with van der Waals surface area (Å²) in [4.78, 5) is 21.6. The Labute approximate surface area is 139 Å². The minimum Gasteiger partial charge on any atom is -0.364 e. The van der Waals surface area contributed by atoms with Crippen molar-refractivity contribution in [3.8, 4) is 11.1 Å². The highest BCUT2D eigenvalue weighted by molar-refractivity contribution is 7.19. The Hall–Kier alpha value is -2.80. The smallest absolute Gasteiger partial charge is 0.260 e. The van der Waals surface area contributed by atoms with E-state index in [0.29, 0.717) is 28.2 Å². The van der Waals surface area contributed by atoms with E-state index in [-0.39, 0.29) is 11.4 Å². The molecule has 0 saturated carbocycles. The Morgan fingerprint density at radius 1 is 1.25 bits per heavy atom. The summed E-state index contributed by atoms with van der Waals surface area (Å²) in [6.45, 7) is 1.93. The Bertz CT molecular complexity index is 1070. The number of fused-ring (bicyclic) bond motifs is 1. The summed E-state index contributed by atoms with van der Waals surface area (Å²) < 4.78 is 18.0. The number of H-pyrrole nitrogens is 1. The SMILES string of the molecule is Cc1sc2nc(Cc3ccon3)[nH]c(=O)c2c1-c1ccc(F)cc1. The molecule has 0 amide bonds. The molecule has 4 rings (SSSR count). The Morgan fingerprint density at radius 3 is 2.75 bits per heavy atom. The first-order chi connectivity index (χ1) is 11.6. The number of aromatic amines is 1. The number of benzene rings is 1. The second-order valence-corrected chi connectivity index (χ2v) is 6.60. The van der Waals surface area contributed by atoms with Crippen molar-refractivity contribution in [3.63, 3.8) is 0 Å². The molecule has 3 heterocycles. The third kappa shape index (κ3) is 2.52. The number of aromatic nitrogens is 3. The normalized spacial score (nSPS) is 11.2. The maximum absolute atomic E-state index is 13.2. The highest BCUT2D eigenvalue weighted by Gasteiger charge is 2.17. The van der Waals surface area contributed by atoms with E-state index in [1.165, 1.54) is 29.7 Å². The third-order valence-corrected chi connectivity index (χ3v) is 4.76. The minimum absolute atomic E-state index is 0.206. The van der Waals surface area contributed by atoms with Crippen LogP contribution < -0.4 is 5.56 Å². The molecule has 0 radical (unpaired) electrons. The van der Waals surface area contributed by atoms with Gasteiger partial charge in [-0.1, -0.05) is 17.3 Å². The third-order valence-electron chi connectivity index (χ3n) is 3.76. The van der Waals surface area contributed by atoms with Gasteiger partial charge in [0.15, 0.2) is 0 Å². The fourth-order valence-corrected chi connectivity index (χ4v) is 3.78. The van der Waals surface area contributed by atoms with Crippen LogP contribution in [0.3, 0.4) is 0 Å². The van der Waals surface area contributed by atoms with Gasteiger partial charge in [-0.3, -0.25) is 4.79 Å². The fourth-order valence-electron chi connectivity index (χ4n) is 2.71. The van der Waals surface area contributed by atoms with Gasteiger partial charge in [-0.15, -0.1) is 11.3 Å². The van der Waals surface area contributed by atoms with E-state index in [4.69, 9.17) is 4.52 Å². The van der Waals surface area contributed by atoms with Gasteiger partial charge in [0.1, 0.15) is 22.7 Å². The van der Waals surface area contributed by atoms with Crippen LogP contribution in [0, 0.1) is 12.7 Å². The summed E-state index contributed by atoms with van der Waals surface area (Å²) in [5.41, 5.74) is 2.10. The fraction of sp³-hybridized carbons (Fsp3) is 0.118. The lowest BCUT2D eigenvalue weighted by molar-refractivity contribution is 0.412. The average Bonchev–Trinajstić information content (AvgIpc) is 3.16. The zero-order valence-electron chi connectivity index (χ0n) is 12.7. The molecule has 7 heteroatoms. The monoisotopic (exact) mass is 341 g/mol. The first-order valence-corrected chi connectivity index (χ1v) is 8.11. The molecule has 0 unspecified atom stereocenters. The van der Waals surface area contributed by atoms with Gasteiger partial charge in [-0.2, -0.15) is 0 Å². The molecule has 24 heavy (non-hydrogen) atoms. The van der Waals surface area contributed by atoms with E-state index < -0.39 is 0 Å². The molecule has 4 aromatic rings. The van der Waals surface area contributed by atoms with Crippen LogP contribution in [0.15, 0.2) is 45.9 Å². The van der Waals surface area contributed by atoms with Gasteiger partial charge < -0.3 is 9.51 Å². The second kappa shape index (κ2) is 5.68. The minimum atomic E-state index is -0.308. The molecule has 0 saturated heterocycles. The van der Waals surface area contributed by atoms with Gasteiger partial charge in [0, 0.05) is 16.5 Å². The van der Waals surface area contributed by atoms with Crippen LogP contribution in [0.5, 0.6) is 0 Å². The topological polar surface area (TPSA) is 71.8 Å². The molecule has 0 atom stereocenters. The quantitative estimate of drug-likeness (QED) is 0.617. The van der Waals surface area contributed by atoms with Crippen molar-refractivity contribution in [1.82, 2.24) is 15.1 Å². The van der Waals surface area contributed by atoms with Gasteiger partial charge in [0.2, 0.25) is 0 Å². The number of thiophene rings is 1. The maximum Gasteiger partial charge on any atom is 0.260 e. The molecule has 3 aromatic heterocycles. The summed E-state index contributed by atoms with van der Waals surface area (Å²) in [5, 5.41) is 4.37. The van der Waals surface area contributed by atoms with E-state index in [1.807, 2.05) is 6.92 Å². The first kappa shape index (κ1) is 14.8. The molecular weight excluding hydrogens is 329 g/mol. The molecular formula is C17H12FN3O2S. The van der Waals surface area contributed by atoms with E-state index in [9.17, 15) is 9.18 Å². The molecule has 120 valence electrons. The number of nitrogens with one attached hydrogen (secondary N) is 1. The van der Waals surface area contributed by atoms with E-state index in [0.717, 1.165) is 16.0 Å². The number of rotatable bonds is 3. The van der Waals surface area contributed by atoms with Gasteiger partial charge in [0.05, 0.1) is 17.5 Å². The molecule has 1 aromatic carbocycles. The molecule has 0 bridgehead atoms. The van der Waals surface area contributed by atoms with Crippen molar-refractivity contribution in [2.24, 2.45) is 0 Å². The summed E-state index contributed by atoms with van der Waals surface area (Å²) in [6, 6.07) is 7.85. The Kier molecular flexibility index (Phi) is 3.50. The van der Waals surface area contributed by atoms with E-state index >= 15 is 0 Å². The van der Waals surface area contributed by atoms with Crippen LogP contribution in [-0.4, -0.2) is 15.1 Å². The van der Waals surface area contributed by atoms with Crippen LogP contribution in [0.2, 0.25) is 0 Å². The highest BCUT2D eigenvalue weighted by Crippen LogP contribution is 2.35. The van der Waals surface area contributed by atoms with Crippen molar-refractivity contribution in [2.75, 3.05) is 0 Å².